The molecule has 0 aromatic heterocycles. The molecule has 0 aliphatic heterocycles. The van der Waals surface area contributed by atoms with Gasteiger partial charge in [-0.2, -0.15) is 0 Å². The number of nitrogens with one attached hydrogen (secondary N) is 3. The third-order valence-electron chi connectivity index (χ3n) is 5.56. The normalized spacial score (nSPS) is 11.9. The Morgan fingerprint density at radius 2 is 1.58 bits per heavy atom. The van der Waals surface area contributed by atoms with Gasteiger partial charge in [0.15, 0.2) is 5.11 Å². The summed E-state index contributed by atoms with van der Waals surface area (Å²) >= 11 is 5.24. The fraction of sp³-hybridized carbons (Fsp3) is 0.259. The minimum absolute atomic E-state index is 0.0979. The number of ether oxygens (including phenoxy) is 1. The minimum Gasteiger partial charge on any atom is -0.491 e. The molecule has 3 aromatic rings. The Balaban J connectivity index is 1.56. The van der Waals surface area contributed by atoms with Crippen LogP contribution in [0.5, 0.6) is 5.75 Å². The van der Waals surface area contributed by atoms with Gasteiger partial charge in [0.05, 0.1) is 11.0 Å². The predicted molar refractivity (Wildman–Crippen MR) is 148 cm³/mol. The fourth-order valence-corrected chi connectivity index (χ4v) is 4.72. The molecule has 0 spiro atoms. The molecule has 0 aliphatic carbocycles. The maximum absolute atomic E-state index is 12.7. The van der Waals surface area contributed by atoms with E-state index in [9.17, 15) is 13.2 Å². The van der Waals surface area contributed by atoms with Crippen LogP contribution in [0.4, 0.5) is 11.4 Å². The van der Waals surface area contributed by atoms with Crippen LogP contribution in [-0.2, 0) is 10.0 Å². The highest BCUT2D eigenvalue weighted by molar-refractivity contribution is 7.92. The highest BCUT2D eigenvalue weighted by Gasteiger charge is 2.15. The van der Waals surface area contributed by atoms with Crippen LogP contribution in [0.3, 0.4) is 0 Å². The smallest absolute Gasteiger partial charge is 0.261 e. The molecule has 3 aromatic carbocycles. The maximum Gasteiger partial charge on any atom is 0.261 e. The minimum atomic E-state index is -3.75. The van der Waals surface area contributed by atoms with Crippen LogP contribution in [0.2, 0.25) is 0 Å². The van der Waals surface area contributed by atoms with Crippen molar-refractivity contribution in [3.05, 3.63) is 83.4 Å². The summed E-state index contributed by atoms with van der Waals surface area (Å²) in [6.07, 6.45) is 2.10. The van der Waals surface area contributed by atoms with Crippen molar-refractivity contribution in [1.82, 2.24) is 5.32 Å². The van der Waals surface area contributed by atoms with E-state index in [2.05, 4.69) is 22.3 Å². The van der Waals surface area contributed by atoms with Crippen molar-refractivity contribution in [2.45, 2.75) is 51.5 Å². The number of hydrogen-bond acceptors (Lipinski definition) is 5. The van der Waals surface area contributed by atoms with E-state index in [1.807, 2.05) is 26.8 Å². The molecule has 190 valence electrons. The summed E-state index contributed by atoms with van der Waals surface area (Å²) in [5.41, 5.74) is 3.56. The number of benzene rings is 3. The van der Waals surface area contributed by atoms with Crippen LogP contribution in [0, 0.1) is 13.8 Å². The van der Waals surface area contributed by atoms with Gasteiger partial charge in [0, 0.05) is 16.9 Å². The van der Waals surface area contributed by atoms with E-state index in [-0.39, 0.29) is 22.0 Å². The Kier molecular flexibility index (Phi) is 9.06. The third kappa shape index (κ3) is 7.53. The van der Waals surface area contributed by atoms with Gasteiger partial charge in [0.2, 0.25) is 0 Å². The van der Waals surface area contributed by atoms with Crippen LogP contribution in [0.15, 0.2) is 71.6 Å². The van der Waals surface area contributed by atoms with E-state index in [1.165, 1.54) is 12.1 Å². The second kappa shape index (κ2) is 12.0. The van der Waals surface area contributed by atoms with Crippen LogP contribution < -0.4 is 20.1 Å². The van der Waals surface area contributed by atoms with Crippen LogP contribution >= 0.6 is 12.2 Å². The summed E-state index contributed by atoms with van der Waals surface area (Å²) in [6.45, 7) is 8.00. The van der Waals surface area contributed by atoms with Gasteiger partial charge < -0.3 is 10.1 Å². The first-order chi connectivity index (χ1) is 17.1. The lowest BCUT2D eigenvalue weighted by Gasteiger charge is -2.14. The van der Waals surface area contributed by atoms with E-state index in [1.54, 1.807) is 48.5 Å². The van der Waals surface area contributed by atoms with Crippen molar-refractivity contribution in [1.29, 1.82) is 0 Å². The third-order valence-corrected chi connectivity index (χ3v) is 7.16. The highest BCUT2D eigenvalue weighted by atomic mass is 32.2. The van der Waals surface area contributed by atoms with Crippen molar-refractivity contribution < 1.29 is 17.9 Å². The quantitative estimate of drug-likeness (QED) is 0.306. The molecule has 0 heterocycles. The number of anilines is 2. The standard InChI is InChI=1S/C27H31N3O4S2/c1-5-6-20(4)34-24-13-8-21(9-14-24)26(31)29-27(35)28-22-11-15-25(16-12-22)36(32,33)30-23-10-7-18(2)19(3)17-23/h7-17,20,30H,5-6H2,1-4H3,(H2,28,29,31,35). The zero-order valence-electron chi connectivity index (χ0n) is 20.8. The summed E-state index contributed by atoms with van der Waals surface area (Å²) in [5.74, 6) is 0.340. The Bertz CT molecular complexity index is 1320. The number of hydrogen-bond donors (Lipinski definition) is 3. The van der Waals surface area contributed by atoms with Gasteiger partial charge in [-0.1, -0.05) is 19.4 Å². The molecule has 1 amide bonds. The lowest BCUT2D eigenvalue weighted by molar-refractivity contribution is 0.0977. The largest absolute Gasteiger partial charge is 0.491 e. The monoisotopic (exact) mass is 525 g/mol. The van der Waals surface area contributed by atoms with Gasteiger partial charge >= 0.3 is 0 Å². The first kappa shape index (κ1) is 27.2. The van der Waals surface area contributed by atoms with Gasteiger partial charge in [0.1, 0.15) is 5.75 Å². The second-order valence-corrected chi connectivity index (χ2v) is 10.7. The average Bonchev–Trinajstić information content (AvgIpc) is 2.82. The van der Waals surface area contributed by atoms with Gasteiger partial charge in [-0.15, -0.1) is 0 Å². The number of aryl methyl sites for hydroxylation is 2. The number of carbonyl (C=O) groups is 1. The van der Waals surface area contributed by atoms with E-state index in [0.29, 0.717) is 22.7 Å². The molecule has 0 fully saturated rings. The maximum atomic E-state index is 12.7. The first-order valence-electron chi connectivity index (χ1n) is 11.7. The van der Waals surface area contributed by atoms with Gasteiger partial charge in [0.25, 0.3) is 15.9 Å². The van der Waals surface area contributed by atoms with Crippen molar-refractivity contribution in [3.63, 3.8) is 0 Å². The summed E-state index contributed by atoms with van der Waals surface area (Å²) in [5, 5.41) is 5.62. The zero-order valence-corrected chi connectivity index (χ0v) is 22.4. The molecule has 0 bridgehead atoms. The molecule has 7 nitrogen and oxygen atoms in total. The number of thiocarbonyl (C=S) groups is 1. The molecule has 0 aliphatic rings. The van der Waals surface area contributed by atoms with Gasteiger partial charge in [-0.25, -0.2) is 8.42 Å². The lowest BCUT2D eigenvalue weighted by atomic mass is 10.1. The molecule has 3 N–H and O–H groups in total. The number of rotatable bonds is 9. The Hall–Kier alpha value is -3.43. The van der Waals surface area contributed by atoms with Gasteiger partial charge in [-0.05, 0) is 111 Å². The predicted octanol–water partition coefficient (Wildman–Crippen LogP) is 5.80. The fourth-order valence-electron chi connectivity index (χ4n) is 3.46. The number of sulfonamides is 1. The molecular weight excluding hydrogens is 494 g/mol. The lowest BCUT2D eigenvalue weighted by Crippen LogP contribution is -2.34. The average molecular weight is 526 g/mol. The molecule has 36 heavy (non-hydrogen) atoms. The molecular formula is C27H31N3O4S2. The van der Waals surface area contributed by atoms with Crippen molar-refractivity contribution in [2.24, 2.45) is 0 Å². The topological polar surface area (TPSA) is 96.5 Å². The van der Waals surface area contributed by atoms with Crippen LogP contribution in [-0.4, -0.2) is 25.5 Å². The molecule has 0 saturated heterocycles. The van der Waals surface area contributed by atoms with Crippen LogP contribution in [0.25, 0.3) is 0 Å². The summed E-state index contributed by atoms with van der Waals surface area (Å²) < 4.78 is 33.8. The highest BCUT2D eigenvalue weighted by Crippen LogP contribution is 2.21. The molecule has 3 rings (SSSR count). The summed E-state index contributed by atoms with van der Waals surface area (Å²) in [7, 11) is -3.75. The van der Waals surface area contributed by atoms with E-state index in [4.69, 9.17) is 17.0 Å². The SMILES string of the molecule is CCCC(C)Oc1ccc(C(=O)NC(=S)Nc2ccc(S(=O)(=O)Nc3ccc(C)c(C)c3)cc2)cc1. The molecule has 0 saturated carbocycles. The van der Waals surface area contributed by atoms with E-state index < -0.39 is 10.0 Å². The van der Waals surface area contributed by atoms with Crippen molar-refractivity contribution >= 4 is 44.6 Å². The Morgan fingerprint density at radius 1 is 0.944 bits per heavy atom. The first-order valence-corrected chi connectivity index (χ1v) is 13.6. The van der Waals surface area contributed by atoms with E-state index in [0.717, 1.165) is 24.0 Å². The van der Waals surface area contributed by atoms with Crippen LogP contribution in [0.1, 0.15) is 48.2 Å². The van der Waals surface area contributed by atoms with E-state index >= 15 is 0 Å². The zero-order chi connectivity index (χ0) is 26.3. The van der Waals surface area contributed by atoms with Gasteiger partial charge in [-0.3, -0.25) is 14.8 Å². The Labute approximate surface area is 218 Å². The van der Waals surface area contributed by atoms with Crippen molar-refractivity contribution in [3.8, 4) is 5.75 Å². The molecule has 1 atom stereocenters. The van der Waals surface area contributed by atoms with Crippen molar-refractivity contribution in [2.75, 3.05) is 10.0 Å². The molecule has 0 radical (unpaired) electrons. The molecule has 9 heteroatoms. The Morgan fingerprint density at radius 3 is 2.19 bits per heavy atom. The summed E-state index contributed by atoms with van der Waals surface area (Å²) in [6, 6.07) is 18.3. The molecule has 1 unspecified atom stereocenters. The number of amides is 1. The second-order valence-electron chi connectivity index (χ2n) is 8.58. The number of carbonyl (C=O) groups excluding carboxylic acids is 1. The summed E-state index contributed by atoms with van der Waals surface area (Å²) in [4.78, 5) is 12.6.